The summed E-state index contributed by atoms with van der Waals surface area (Å²) < 4.78 is 4.97. The number of para-hydroxylation sites is 1. The lowest BCUT2D eigenvalue weighted by molar-refractivity contribution is 0.102. The Kier molecular flexibility index (Phi) is 6.03. The first kappa shape index (κ1) is 16.4. The number of nitrogens with one attached hydrogen (secondary N) is 2. The fourth-order valence-electron chi connectivity index (χ4n) is 1.89. The van der Waals surface area contributed by atoms with Crippen LogP contribution in [-0.2, 0) is 4.74 Å². The molecule has 2 rings (SSSR count). The van der Waals surface area contributed by atoms with E-state index in [1.807, 2.05) is 6.07 Å². The van der Waals surface area contributed by atoms with E-state index in [1.54, 1.807) is 37.4 Å². The first-order valence-corrected chi connectivity index (χ1v) is 7.10. The highest BCUT2D eigenvalue weighted by atomic mass is 16.5. The maximum absolute atomic E-state index is 12.3. The summed E-state index contributed by atoms with van der Waals surface area (Å²) in [7, 11) is 1.65. The topological polar surface area (TPSA) is 99.9 Å². The second-order valence-corrected chi connectivity index (χ2v) is 4.67. The Bertz CT molecular complexity index is 712. The number of benzene rings is 1. The van der Waals surface area contributed by atoms with Gasteiger partial charge in [0.2, 0.25) is 0 Å². The van der Waals surface area contributed by atoms with Gasteiger partial charge in [0.1, 0.15) is 23.9 Å². The van der Waals surface area contributed by atoms with Gasteiger partial charge in [0.15, 0.2) is 0 Å². The number of aromatic nitrogens is 2. The Morgan fingerprint density at radius 1 is 1.35 bits per heavy atom. The van der Waals surface area contributed by atoms with Gasteiger partial charge in [0.05, 0.1) is 11.3 Å². The van der Waals surface area contributed by atoms with Crippen LogP contribution < -0.4 is 10.6 Å². The van der Waals surface area contributed by atoms with Crippen molar-refractivity contribution in [3.8, 4) is 6.07 Å². The molecule has 0 spiro atoms. The summed E-state index contributed by atoms with van der Waals surface area (Å²) >= 11 is 0. The van der Waals surface area contributed by atoms with Gasteiger partial charge in [0.25, 0.3) is 5.91 Å². The highest BCUT2D eigenvalue weighted by Crippen LogP contribution is 2.15. The molecule has 0 aliphatic rings. The van der Waals surface area contributed by atoms with E-state index in [0.29, 0.717) is 30.2 Å². The van der Waals surface area contributed by atoms with Gasteiger partial charge in [-0.3, -0.25) is 4.79 Å². The lowest BCUT2D eigenvalue weighted by Crippen LogP contribution is -2.15. The summed E-state index contributed by atoms with van der Waals surface area (Å²) in [5.41, 5.74) is 1.07. The fourth-order valence-corrected chi connectivity index (χ4v) is 1.89. The summed E-state index contributed by atoms with van der Waals surface area (Å²) in [6, 6.07) is 10.4. The van der Waals surface area contributed by atoms with E-state index in [9.17, 15) is 4.79 Å². The van der Waals surface area contributed by atoms with Gasteiger partial charge in [0, 0.05) is 26.3 Å². The Morgan fingerprint density at radius 3 is 2.96 bits per heavy atom. The molecule has 0 atom stereocenters. The third-order valence-corrected chi connectivity index (χ3v) is 3.03. The summed E-state index contributed by atoms with van der Waals surface area (Å²) in [6.45, 7) is 1.33. The Hall–Kier alpha value is -2.98. The molecule has 0 saturated carbocycles. The summed E-state index contributed by atoms with van der Waals surface area (Å²) in [6.07, 6.45) is 2.15. The van der Waals surface area contributed by atoms with Crippen LogP contribution in [-0.4, -0.2) is 36.1 Å². The second-order valence-electron chi connectivity index (χ2n) is 4.67. The Balaban J connectivity index is 2.03. The molecule has 118 valence electrons. The fraction of sp³-hybridized carbons (Fsp3) is 0.250. The number of carbonyl (C=O) groups is 1. The number of hydrogen-bond donors (Lipinski definition) is 2. The number of rotatable bonds is 7. The smallest absolute Gasteiger partial charge is 0.274 e. The van der Waals surface area contributed by atoms with Crippen molar-refractivity contribution in [2.45, 2.75) is 6.42 Å². The lowest BCUT2D eigenvalue weighted by Gasteiger charge is -2.08. The summed E-state index contributed by atoms with van der Waals surface area (Å²) in [5.74, 6) is 0.171. The zero-order valence-corrected chi connectivity index (χ0v) is 12.7. The van der Waals surface area contributed by atoms with Crippen LogP contribution >= 0.6 is 0 Å². The molecule has 23 heavy (non-hydrogen) atoms. The predicted octanol–water partition coefficient (Wildman–Crippen LogP) is 2.05. The molecule has 7 heteroatoms. The molecule has 1 aromatic heterocycles. The molecular formula is C16H17N5O2. The minimum absolute atomic E-state index is 0.224. The van der Waals surface area contributed by atoms with Crippen molar-refractivity contribution >= 4 is 17.4 Å². The van der Waals surface area contributed by atoms with Crippen LogP contribution in [0.2, 0.25) is 0 Å². The molecular weight excluding hydrogens is 294 g/mol. The van der Waals surface area contributed by atoms with E-state index in [0.717, 1.165) is 6.42 Å². The van der Waals surface area contributed by atoms with Crippen LogP contribution in [0.4, 0.5) is 11.5 Å². The minimum atomic E-state index is -0.393. The molecule has 2 aromatic rings. The summed E-state index contributed by atoms with van der Waals surface area (Å²) in [5, 5.41) is 14.8. The maximum atomic E-state index is 12.3. The molecule has 1 amide bonds. The summed E-state index contributed by atoms with van der Waals surface area (Å²) in [4.78, 5) is 20.3. The Morgan fingerprint density at radius 2 is 2.17 bits per heavy atom. The average molecular weight is 311 g/mol. The number of hydrogen-bond acceptors (Lipinski definition) is 6. The van der Waals surface area contributed by atoms with Crippen LogP contribution in [0.3, 0.4) is 0 Å². The first-order chi connectivity index (χ1) is 11.2. The molecule has 0 aliphatic carbocycles. The number of nitriles is 1. The third kappa shape index (κ3) is 4.76. The Labute approximate surface area is 134 Å². The third-order valence-electron chi connectivity index (χ3n) is 3.03. The second kappa shape index (κ2) is 8.46. The molecule has 0 fully saturated rings. The number of nitrogens with zero attached hydrogens (tertiary/aromatic N) is 3. The first-order valence-electron chi connectivity index (χ1n) is 7.10. The number of ether oxygens (including phenoxy) is 1. The number of methoxy groups -OCH3 is 1. The molecule has 0 radical (unpaired) electrons. The molecule has 1 aromatic carbocycles. The van der Waals surface area contributed by atoms with Crippen LogP contribution in [0.25, 0.3) is 0 Å². The van der Waals surface area contributed by atoms with Crippen molar-refractivity contribution in [3.63, 3.8) is 0 Å². The average Bonchev–Trinajstić information content (AvgIpc) is 2.59. The molecule has 7 nitrogen and oxygen atoms in total. The van der Waals surface area contributed by atoms with Crippen molar-refractivity contribution < 1.29 is 9.53 Å². The molecule has 0 aliphatic heterocycles. The zero-order valence-electron chi connectivity index (χ0n) is 12.7. The highest BCUT2D eigenvalue weighted by molar-refractivity contribution is 6.03. The van der Waals surface area contributed by atoms with E-state index in [1.165, 1.54) is 6.33 Å². The van der Waals surface area contributed by atoms with Gasteiger partial charge in [-0.05, 0) is 18.6 Å². The molecule has 1 heterocycles. The molecule has 2 N–H and O–H groups in total. The van der Waals surface area contributed by atoms with Gasteiger partial charge in [-0.1, -0.05) is 12.1 Å². The molecule has 0 saturated heterocycles. The van der Waals surface area contributed by atoms with Gasteiger partial charge in [-0.25, -0.2) is 9.97 Å². The SMILES string of the molecule is COCCCNc1cc(C(=O)Nc2ccccc2C#N)ncn1. The quantitative estimate of drug-likeness (QED) is 0.759. The standard InChI is InChI=1S/C16H17N5O2/c1-23-8-4-7-18-15-9-14(19-11-20-15)16(22)21-13-6-3-2-5-12(13)10-17/h2-3,5-6,9,11H,4,7-8H2,1H3,(H,21,22)(H,18,19,20). The van der Waals surface area contributed by atoms with E-state index >= 15 is 0 Å². The van der Waals surface area contributed by atoms with E-state index in [2.05, 4.69) is 20.6 Å². The van der Waals surface area contributed by atoms with Crippen LogP contribution in [0.1, 0.15) is 22.5 Å². The number of amides is 1. The predicted molar refractivity (Wildman–Crippen MR) is 86.1 cm³/mol. The minimum Gasteiger partial charge on any atom is -0.385 e. The van der Waals surface area contributed by atoms with Crippen molar-refractivity contribution in [1.82, 2.24) is 9.97 Å². The largest absolute Gasteiger partial charge is 0.385 e. The number of anilines is 2. The maximum Gasteiger partial charge on any atom is 0.274 e. The molecule has 0 bridgehead atoms. The highest BCUT2D eigenvalue weighted by Gasteiger charge is 2.11. The molecule has 0 unspecified atom stereocenters. The number of carbonyl (C=O) groups excluding carboxylic acids is 1. The van der Waals surface area contributed by atoms with E-state index < -0.39 is 5.91 Å². The normalized spacial score (nSPS) is 9.91. The lowest BCUT2D eigenvalue weighted by atomic mass is 10.2. The van der Waals surface area contributed by atoms with E-state index in [4.69, 9.17) is 10.00 Å². The van der Waals surface area contributed by atoms with Crippen molar-refractivity contribution in [2.24, 2.45) is 0 Å². The van der Waals surface area contributed by atoms with Crippen LogP contribution in [0.5, 0.6) is 0 Å². The van der Waals surface area contributed by atoms with Crippen molar-refractivity contribution in [2.75, 3.05) is 30.9 Å². The van der Waals surface area contributed by atoms with E-state index in [-0.39, 0.29) is 5.69 Å². The monoisotopic (exact) mass is 311 g/mol. The van der Waals surface area contributed by atoms with Gasteiger partial charge in [-0.15, -0.1) is 0 Å². The van der Waals surface area contributed by atoms with Gasteiger partial charge < -0.3 is 15.4 Å². The van der Waals surface area contributed by atoms with Crippen molar-refractivity contribution in [3.05, 3.63) is 47.9 Å². The van der Waals surface area contributed by atoms with Crippen LogP contribution in [0, 0.1) is 11.3 Å². The van der Waals surface area contributed by atoms with Gasteiger partial charge >= 0.3 is 0 Å². The van der Waals surface area contributed by atoms with Crippen LogP contribution in [0.15, 0.2) is 36.7 Å². The van der Waals surface area contributed by atoms with Gasteiger partial charge in [-0.2, -0.15) is 5.26 Å². The zero-order chi connectivity index (χ0) is 16.5. The van der Waals surface area contributed by atoms with Crippen molar-refractivity contribution in [1.29, 1.82) is 5.26 Å².